The van der Waals surface area contributed by atoms with Gasteiger partial charge < -0.3 is 0 Å². The molecule has 0 heterocycles. The van der Waals surface area contributed by atoms with Gasteiger partial charge >= 0.3 is 0 Å². The fraction of sp³-hybridized carbons (Fsp3) is 1.00. The fourth-order valence-corrected chi connectivity index (χ4v) is 3.32. The maximum atomic E-state index is 3.14. The van der Waals surface area contributed by atoms with Crippen LogP contribution in [0.25, 0.3) is 0 Å². The number of hydrogen-bond acceptors (Lipinski definition) is 0. The van der Waals surface area contributed by atoms with E-state index in [9.17, 15) is 0 Å². The van der Waals surface area contributed by atoms with Crippen molar-refractivity contribution >= 4 is 26.2 Å². The first-order chi connectivity index (χ1) is 7.93. The summed E-state index contributed by atoms with van der Waals surface area (Å²) in [5.41, 5.74) is 0.555. The zero-order valence-corrected chi connectivity index (χ0v) is 16.2. The molecule has 0 aliphatic carbocycles. The summed E-state index contributed by atoms with van der Waals surface area (Å²) in [6.45, 7) is 11.8. The van der Waals surface area contributed by atoms with E-state index in [0.717, 1.165) is 0 Å². The van der Waals surface area contributed by atoms with Crippen LogP contribution in [0.4, 0.5) is 0 Å². The van der Waals surface area contributed by atoms with E-state index >= 15 is 0 Å². The minimum atomic E-state index is 0. The molecular formula is C16H36BrP. The Morgan fingerprint density at radius 3 is 1.17 bits per heavy atom. The summed E-state index contributed by atoms with van der Waals surface area (Å²) in [6, 6.07) is 0. The Balaban J connectivity index is 0. The molecule has 0 radical (unpaired) electrons. The van der Waals surface area contributed by atoms with E-state index in [-0.39, 0.29) is 17.0 Å². The SMILES string of the molecule is Br.CCCCC(CCCC)(CCCC)C(C)(C)P. The summed E-state index contributed by atoms with van der Waals surface area (Å²) in [5, 5.41) is 0.381. The molecule has 0 amide bonds. The Bertz CT molecular complexity index is 162. The molecule has 1 atom stereocenters. The van der Waals surface area contributed by atoms with Gasteiger partial charge in [-0.3, -0.25) is 0 Å². The van der Waals surface area contributed by atoms with Crippen LogP contribution in [0.2, 0.25) is 0 Å². The van der Waals surface area contributed by atoms with Gasteiger partial charge in [-0.2, -0.15) is 0 Å². The molecule has 0 bridgehead atoms. The molecule has 0 N–H and O–H groups in total. The quantitative estimate of drug-likeness (QED) is 0.385. The number of unbranched alkanes of at least 4 members (excludes halogenated alkanes) is 3. The van der Waals surface area contributed by atoms with Gasteiger partial charge in [0.15, 0.2) is 0 Å². The third-order valence-electron chi connectivity index (χ3n) is 4.39. The van der Waals surface area contributed by atoms with Crippen LogP contribution in [0.1, 0.15) is 92.4 Å². The molecule has 0 aliphatic rings. The van der Waals surface area contributed by atoms with E-state index in [0.29, 0.717) is 10.6 Å². The molecule has 0 aromatic rings. The maximum Gasteiger partial charge on any atom is -0.0150 e. The standard InChI is InChI=1S/C16H35P.BrH/c1-6-9-12-16(13-10-7-2,14-11-8-3)15(4,5)17;/h6-14,17H2,1-5H3;1H. The molecule has 0 aromatic heterocycles. The smallest absolute Gasteiger partial charge is 0.0150 e. The van der Waals surface area contributed by atoms with Crippen molar-refractivity contribution in [1.82, 2.24) is 0 Å². The average molecular weight is 339 g/mol. The van der Waals surface area contributed by atoms with Crippen molar-refractivity contribution in [2.45, 2.75) is 97.6 Å². The molecule has 0 saturated heterocycles. The fourth-order valence-electron chi connectivity index (χ4n) is 2.89. The lowest BCUT2D eigenvalue weighted by Crippen LogP contribution is -2.39. The molecular weight excluding hydrogens is 303 g/mol. The lowest BCUT2D eigenvalue weighted by atomic mass is 9.66. The van der Waals surface area contributed by atoms with Gasteiger partial charge in [0.1, 0.15) is 0 Å². The lowest BCUT2D eigenvalue weighted by Gasteiger charge is -2.46. The number of hydrogen-bond donors (Lipinski definition) is 0. The van der Waals surface area contributed by atoms with Crippen LogP contribution in [0.3, 0.4) is 0 Å². The van der Waals surface area contributed by atoms with E-state index in [2.05, 4.69) is 43.9 Å². The minimum Gasteiger partial charge on any atom is -0.131 e. The first-order valence-electron chi connectivity index (χ1n) is 7.72. The molecule has 112 valence electrons. The van der Waals surface area contributed by atoms with Gasteiger partial charge in [-0.15, -0.1) is 26.2 Å². The number of rotatable bonds is 10. The van der Waals surface area contributed by atoms with E-state index in [1.165, 1.54) is 57.8 Å². The van der Waals surface area contributed by atoms with Crippen LogP contribution in [0.5, 0.6) is 0 Å². The molecule has 0 spiro atoms. The van der Waals surface area contributed by atoms with Crippen molar-refractivity contribution < 1.29 is 0 Å². The summed E-state index contributed by atoms with van der Waals surface area (Å²) in [6.07, 6.45) is 12.4. The lowest BCUT2D eigenvalue weighted by molar-refractivity contribution is 0.149. The van der Waals surface area contributed by atoms with Crippen molar-refractivity contribution in [2.75, 3.05) is 0 Å². The van der Waals surface area contributed by atoms with E-state index < -0.39 is 0 Å². The molecule has 0 nitrogen and oxygen atoms in total. The Hall–Kier alpha value is 0.910. The van der Waals surface area contributed by atoms with Crippen molar-refractivity contribution in [3.05, 3.63) is 0 Å². The first kappa shape index (κ1) is 21.2. The summed E-state index contributed by atoms with van der Waals surface area (Å²) >= 11 is 0. The molecule has 0 rings (SSSR count). The van der Waals surface area contributed by atoms with Gasteiger partial charge in [0, 0.05) is 0 Å². The third kappa shape index (κ3) is 6.90. The van der Waals surface area contributed by atoms with Gasteiger partial charge in [0.05, 0.1) is 0 Å². The van der Waals surface area contributed by atoms with Crippen LogP contribution >= 0.6 is 26.2 Å². The van der Waals surface area contributed by atoms with Crippen molar-refractivity contribution in [1.29, 1.82) is 0 Å². The normalized spacial score (nSPS) is 12.3. The van der Waals surface area contributed by atoms with Crippen molar-refractivity contribution in [3.8, 4) is 0 Å². The summed E-state index contributed by atoms with van der Waals surface area (Å²) in [4.78, 5) is 0. The third-order valence-corrected chi connectivity index (χ3v) is 5.01. The Kier molecular flexibility index (Phi) is 12.6. The topological polar surface area (TPSA) is 0 Å². The summed E-state index contributed by atoms with van der Waals surface area (Å²) in [5.74, 6) is 0. The van der Waals surface area contributed by atoms with Gasteiger partial charge in [-0.1, -0.05) is 73.1 Å². The van der Waals surface area contributed by atoms with Gasteiger partial charge in [0.2, 0.25) is 0 Å². The highest BCUT2D eigenvalue weighted by Gasteiger charge is 2.39. The van der Waals surface area contributed by atoms with Crippen LogP contribution < -0.4 is 0 Å². The molecule has 0 aliphatic heterocycles. The zero-order valence-electron chi connectivity index (χ0n) is 13.3. The predicted octanol–water partition coefficient (Wildman–Crippen LogP) is 6.78. The molecule has 0 fully saturated rings. The monoisotopic (exact) mass is 338 g/mol. The van der Waals surface area contributed by atoms with E-state index in [4.69, 9.17) is 0 Å². The maximum absolute atomic E-state index is 3.14. The second kappa shape index (κ2) is 10.7. The summed E-state index contributed by atoms with van der Waals surface area (Å²) in [7, 11) is 3.14. The van der Waals surface area contributed by atoms with Crippen LogP contribution in [0, 0.1) is 5.41 Å². The molecule has 1 unspecified atom stereocenters. The minimum absolute atomic E-state index is 0. The first-order valence-corrected chi connectivity index (χ1v) is 8.30. The Labute approximate surface area is 129 Å². The Morgan fingerprint density at radius 1 is 0.722 bits per heavy atom. The zero-order chi connectivity index (χ0) is 13.4. The van der Waals surface area contributed by atoms with E-state index in [1.54, 1.807) is 0 Å². The molecule has 18 heavy (non-hydrogen) atoms. The van der Waals surface area contributed by atoms with Crippen LogP contribution in [0.15, 0.2) is 0 Å². The van der Waals surface area contributed by atoms with Crippen LogP contribution in [-0.4, -0.2) is 5.16 Å². The molecule has 2 heteroatoms. The van der Waals surface area contributed by atoms with E-state index in [1.807, 2.05) is 0 Å². The second-order valence-corrected chi connectivity index (χ2v) is 7.76. The van der Waals surface area contributed by atoms with Gasteiger partial charge in [-0.05, 0) is 29.8 Å². The number of halogens is 1. The summed E-state index contributed by atoms with van der Waals surface area (Å²) < 4.78 is 0. The highest BCUT2D eigenvalue weighted by Crippen LogP contribution is 2.50. The largest absolute Gasteiger partial charge is 0.131 e. The van der Waals surface area contributed by atoms with Gasteiger partial charge in [-0.25, -0.2) is 0 Å². The highest BCUT2D eigenvalue weighted by molar-refractivity contribution is 8.93. The van der Waals surface area contributed by atoms with Crippen molar-refractivity contribution in [2.24, 2.45) is 5.41 Å². The molecule has 0 aromatic carbocycles. The second-order valence-electron chi connectivity index (χ2n) is 6.31. The van der Waals surface area contributed by atoms with Crippen molar-refractivity contribution in [3.63, 3.8) is 0 Å². The average Bonchev–Trinajstić information content (AvgIpc) is 2.27. The Morgan fingerprint density at radius 2 is 1.00 bits per heavy atom. The predicted molar refractivity (Wildman–Crippen MR) is 95.1 cm³/mol. The molecule has 0 saturated carbocycles. The van der Waals surface area contributed by atoms with Crippen LogP contribution in [-0.2, 0) is 0 Å². The highest BCUT2D eigenvalue weighted by atomic mass is 79.9. The van der Waals surface area contributed by atoms with Gasteiger partial charge in [0.25, 0.3) is 0 Å².